The zero-order chi connectivity index (χ0) is 21.7. The standard InChI is InChI=1S/C23H21N3O3S/c1-17-6-12-22(13-7-17)30(28,29)26(2)21-5-3-4-19(16-21)23(27)25-20-10-8-18(9-11-20)14-15-24/h3-13,16H,14H2,1-2H3,(H,25,27). The van der Waals surface area contributed by atoms with Gasteiger partial charge in [0.1, 0.15) is 0 Å². The van der Waals surface area contributed by atoms with Crippen LogP contribution in [0.15, 0.2) is 77.7 Å². The van der Waals surface area contributed by atoms with E-state index in [2.05, 4.69) is 11.4 Å². The highest BCUT2D eigenvalue weighted by atomic mass is 32.2. The van der Waals surface area contributed by atoms with E-state index in [0.29, 0.717) is 23.4 Å². The number of hydrogen-bond acceptors (Lipinski definition) is 4. The Bertz CT molecular complexity index is 1200. The van der Waals surface area contributed by atoms with Crippen LogP contribution in [0.2, 0.25) is 0 Å². The number of amides is 1. The molecule has 0 aliphatic rings. The first-order chi connectivity index (χ1) is 14.3. The molecule has 1 amide bonds. The number of hydrogen-bond donors (Lipinski definition) is 1. The minimum Gasteiger partial charge on any atom is -0.322 e. The normalized spacial score (nSPS) is 10.8. The van der Waals surface area contributed by atoms with Gasteiger partial charge in [-0.05, 0) is 55.0 Å². The molecule has 0 aliphatic heterocycles. The molecular formula is C23H21N3O3S. The molecule has 0 bridgehead atoms. The number of nitrogens with zero attached hydrogens (tertiary/aromatic N) is 2. The number of benzene rings is 3. The van der Waals surface area contributed by atoms with E-state index >= 15 is 0 Å². The van der Waals surface area contributed by atoms with E-state index in [9.17, 15) is 13.2 Å². The fourth-order valence-electron chi connectivity index (χ4n) is 2.85. The molecule has 0 spiro atoms. The third kappa shape index (κ3) is 4.67. The van der Waals surface area contributed by atoms with Crippen LogP contribution in [0.3, 0.4) is 0 Å². The number of sulfonamides is 1. The van der Waals surface area contributed by atoms with E-state index in [1.54, 1.807) is 66.7 Å². The average Bonchev–Trinajstić information content (AvgIpc) is 2.75. The van der Waals surface area contributed by atoms with Crippen LogP contribution in [-0.2, 0) is 16.4 Å². The summed E-state index contributed by atoms with van der Waals surface area (Å²) in [4.78, 5) is 12.8. The maximum atomic E-state index is 12.9. The molecule has 6 nitrogen and oxygen atoms in total. The van der Waals surface area contributed by atoms with Crippen LogP contribution in [-0.4, -0.2) is 21.4 Å². The summed E-state index contributed by atoms with van der Waals surface area (Å²) >= 11 is 0. The van der Waals surface area contributed by atoms with Gasteiger partial charge >= 0.3 is 0 Å². The molecule has 0 fully saturated rings. The smallest absolute Gasteiger partial charge is 0.264 e. The SMILES string of the molecule is Cc1ccc(S(=O)(=O)N(C)c2cccc(C(=O)Nc3ccc(CC#N)cc3)c2)cc1. The van der Waals surface area contributed by atoms with Crippen LogP contribution >= 0.6 is 0 Å². The van der Waals surface area contributed by atoms with Crippen molar-refractivity contribution in [1.29, 1.82) is 5.26 Å². The van der Waals surface area contributed by atoms with Gasteiger partial charge in [0, 0.05) is 18.3 Å². The number of nitriles is 1. The van der Waals surface area contributed by atoms with Crippen LogP contribution in [0, 0.1) is 18.3 Å². The minimum atomic E-state index is -3.75. The molecule has 0 aromatic heterocycles. The van der Waals surface area contributed by atoms with Crippen LogP contribution < -0.4 is 9.62 Å². The predicted molar refractivity (Wildman–Crippen MR) is 117 cm³/mol. The molecule has 30 heavy (non-hydrogen) atoms. The highest BCUT2D eigenvalue weighted by Crippen LogP contribution is 2.23. The number of rotatable bonds is 6. The molecule has 0 saturated heterocycles. The first-order valence-corrected chi connectivity index (χ1v) is 10.7. The number of carbonyl (C=O) groups excluding carboxylic acids is 1. The van der Waals surface area contributed by atoms with Crippen LogP contribution in [0.5, 0.6) is 0 Å². The van der Waals surface area contributed by atoms with Gasteiger partial charge in [-0.1, -0.05) is 35.9 Å². The second-order valence-electron chi connectivity index (χ2n) is 6.82. The summed E-state index contributed by atoms with van der Waals surface area (Å²) in [5, 5.41) is 11.5. The van der Waals surface area contributed by atoms with Gasteiger partial charge in [0.05, 0.1) is 23.1 Å². The Labute approximate surface area is 176 Å². The molecule has 0 aliphatic carbocycles. The van der Waals surface area contributed by atoms with Gasteiger partial charge in [0.25, 0.3) is 15.9 Å². The molecule has 0 heterocycles. The molecule has 152 valence electrons. The highest BCUT2D eigenvalue weighted by Gasteiger charge is 2.22. The van der Waals surface area contributed by atoms with Crippen molar-refractivity contribution >= 4 is 27.3 Å². The average molecular weight is 420 g/mol. The van der Waals surface area contributed by atoms with E-state index in [-0.39, 0.29) is 10.8 Å². The monoisotopic (exact) mass is 419 g/mol. The highest BCUT2D eigenvalue weighted by molar-refractivity contribution is 7.92. The molecule has 7 heteroatoms. The van der Waals surface area contributed by atoms with Crippen LogP contribution in [0.4, 0.5) is 11.4 Å². The summed E-state index contributed by atoms with van der Waals surface area (Å²) in [6.07, 6.45) is 0.304. The van der Waals surface area contributed by atoms with Crippen LogP contribution in [0.1, 0.15) is 21.5 Å². The predicted octanol–water partition coefficient (Wildman–Crippen LogP) is 4.14. The molecule has 3 rings (SSSR count). The fourth-order valence-corrected chi connectivity index (χ4v) is 4.04. The van der Waals surface area contributed by atoms with Crippen molar-refractivity contribution in [2.75, 3.05) is 16.7 Å². The van der Waals surface area contributed by atoms with Crippen molar-refractivity contribution in [3.63, 3.8) is 0 Å². The Morgan fingerprint density at radius 3 is 2.33 bits per heavy atom. The summed E-state index contributed by atoms with van der Waals surface area (Å²) in [6, 6.07) is 22.1. The lowest BCUT2D eigenvalue weighted by atomic mass is 10.1. The Morgan fingerprint density at radius 1 is 1.03 bits per heavy atom. The van der Waals surface area contributed by atoms with Crippen molar-refractivity contribution in [2.24, 2.45) is 0 Å². The number of aryl methyl sites for hydroxylation is 1. The van der Waals surface area contributed by atoms with E-state index in [1.807, 2.05) is 6.92 Å². The Kier molecular flexibility index (Phi) is 6.19. The Hall–Kier alpha value is -3.63. The van der Waals surface area contributed by atoms with Crippen molar-refractivity contribution in [3.05, 3.63) is 89.5 Å². The van der Waals surface area contributed by atoms with Gasteiger partial charge < -0.3 is 5.32 Å². The van der Waals surface area contributed by atoms with Gasteiger partial charge in [-0.25, -0.2) is 8.42 Å². The van der Waals surface area contributed by atoms with Crippen molar-refractivity contribution in [3.8, 4) is 6.07 Å². The Balaban J connectivity index is 1.80. The third-order valence-electron chi connectivity index (χ3n) is 4.65. The van der Waals surface area contributed by atoms with Crippen LogP contribution in [0.25, 0.3) is 0 Å². The van der Waals surface area contributed by atoms with E-state index in [1.165, 1.54) is 13.1 Å². The fraction of sp³-hybridized carbons (Fsp3) is 0.130. The molecule has 3 aromatic rings. The quantitative estimate of drug-likeness (QED) is 0.650. The molecule has 1 N–H and O–H groups in total. The third-order valence-corrected chi connectivity index (χ3v) is 6.45. The van der Waals surface area contributed by atoms with Crippen molar-refractivity contribution in [2.45, 2.75) is 18.2 Å². The molecule has 0 radical (unpaired) electrons. The summed E-state index contributed by atoms with van der Waals surface area (Å²) in [5.41, 5.74) is 3.14. The summed E-state index contributed by atoms with van der Waals surface area (Å²) in [7, 11) is -2.29. The number of anilines is 2. The molecular weight excluding hydrogens is 398 g/mol. The molecule has 0 unspecified atom stereocenters. The maximum Gasteiger partial charge on any atom is 0.264 e. The van der Waals surface area contributed by atoms with E-state index in [4.69, 9.17) is 5.26 Å². The van der Waals surface area contributed by atoms with Gasteiger partial charge in [-0.3, -0.25) is 9.10 Å². The largest absolute Gasteiger partial charge is 0.322 e. The van der Waals surface area contributed by atoms with E-state index in [0.717, 1.165) is 15.4 Å². The van der Waals surface area contributed by atoms with E-state index < -0.39 is 10.0 Å². The Morgan fingerprint density at radius 2 is 1.70 bits per heavy atom. The van der Waals surface area contributed by atoms with Gasteiger partial charge in [0.2, 0.25) is 0 Å². The minimum absolute atomic E-state index is 0.183. The number of carbonyl (C=O) groups is 1. The van der Waals surface area contributed by atoms with Crippen molar-refractivity contribution in [1.82, 2.24) is 0 Å². The zero-order valence-corrected chi connectivity index (χ0v) is 17.5. The lowest BCUT2D eigenvalue weighted by Gasteiger charge is -2.20. The second-order valence-corrected chi connectivity index (χ2v) is 8.79. The topological polar surface area (TPSA) is 90.3 Å². The van der Waals surface area contributed by atoms with Gasteiger partial charge in [-0.15, -0.1) is 0 Å². The van der Waals surface area contributed by atoms with Crippen molar-refractivity contribution < 1.29 is 13.2 Å². The maximum absolute atomic E-state index is 12.9. The zero-order valence-electron chi connectivity index (χ0n) is 16.7. The molecule has 0 atom stereocenters. The summed E-state index contributed by atoms with van der Waals surface area (Å²) in [5.74, 6) is -0.356. The lowest BCUT2D eigenvalue weighted by Crippen LogP contribution is -2.26. The summed E-state index contributed by atoms with van der Waals surface area (Å²) < 4.78 is 27.0. The lowest BCUT2D eigenvalue weighted by molar-refractivity contribution is 0.102. The molecule has 3 aromatic carbocycles. The summed E-state index contributed by atoms with van der Waals surface area (Å²) in [6.45, 7) is 1.89. The second kappa shape index (κ2) is 8.80. The number of nitrogens with one attached hydrogen (secondary N) is 1. The first kappa shape index (κ1) is 21.1. The first-order valence-electron chi connectivity index (χ1n) is 9.24. The molecule has 0 saturated carbocycles. The van der Waals surface area contributed by atoms with Gasteiger partial charge in [0.15, 0.2) is 0 Å². The van der Waals surface area contributed by atoms with Gasteiger partial charge in [-0.2, -0.15) is 5.26 Å².